The molecule has 2 aromatic rings. The van der Waals surface area contributed by atoms with Crippen molar-refractivity contribution in [1.82, 2.24) is 14.9 Å². The number of morpholine rings is 1. The molecule has 3 heterocycles. The number of rotatable bonds is 2. The quantitative estimate of drug-likeness (QED) is 0.791. The molecule has 28 heavy (non-hydrogen) atoms. The van der Waals surface area contributed by atoms with Crippen LogP contribution in [0.5, 0.6) is 0 Å². The monoisotopic (exact) mass is 384 g/mol. The van der Waals surface area contributed by atoms with E-state index in [-0.39, 0.29) is 25.0 Å². The summed E-state index contributed by atoms with van der Waals surface area (Å²) in [4.78, 5) is 36.8. The number of amides is 2. The van der Waals surface area contributed by atoms with Crippen molar-refractivity contribution in [2.45, 2.75) is 25.4 Å². The summed E-state index contributed by atoms with van der Waals surface area (Å²) in [5, 5.41) is 0. The van der Waals surface area contributed by atoms with E-state index in [1.54, 1.807) is 35.1 Å². The number of halogens is 1. The van der Waals surface area contributed by atoms with Gasteiger partial charge >= 0.3 is 0 Å². The van der Waals surface area contributed by atoms with Gasteiger partial charge in [-0.3, -0.25) is 14.6 Å². The summed E-state index contributed by atoms with van der Waals surface area (Å²) in [6.07, 6.45) is 4.52. The van der Waals surface area contributed by atoms with Crippen LogP contribution in [-0.2, 0) is 9.53 Å². The Balaban J connectivity index is 1.55. The second kappa shape index (κ2) is 7.27. The van der Waals surface area contributed by atoms with Gasteiger partial charge in [0, 0.05) is 18.4 Å². The highest BCUT2D eigenvalue weighted by Crippen LogP contribution is 2.32. The van der Waals surface area contributed by atoms with Gasteiger partial charge in [0.05, 0.1) is 25.0 Å². The molecule has 1 spiro atoms. The van der Waals surface area contributed by atoms with E-state index in [0.29, 0.717) is 30.2 Å². The first-order chi connectivity index (χ1) is 13.5. The fourth-order valence-corrected chi connectivity index (χ4v) is 3.84. The maximum atomic E-state index is 13.6. The third-order valence-electron chi connectivity index (χ3n) is 5.17. The van der Waals surface area contributed by atoms with Crippen LogP contribution < -0.4 is 4.90 Å². The lowest BCUT2D eigenvalue weighted by Gasteiger charge is -2.47. The Labute approximate surface area is 162 Å². The summed E-state index contributed by atoms with van der Waals surface area (Å²) in [7, 11) is 0. The molecule has 0 aliphatic carbocycles. The van der Waals surface area contributed by atoms with Crippen LogP contribution in [-0.4, -0.2) is 58.5 Å². The molecule has 1 aromatic carbocycles. The molecule has 2 amide bonds. The highest BCUT2D eigenvalue weighted by molar-refractivity contribution is 5.95. The summed E-state index contributed by atoms with van der Waals surface area (Å²) in [5.41, 5.74) is 0.798. The Morgan fingerprint density at radius 2 is 2.14 bits per heavy atom. The van der Waals surface area contributed by atoms with E-state index < -0.39 is 11.4 Å². The number of hydrogen-bond acceptors (Lipinski definition) is 5. The van der Waals surface area contributed by atoms with Crippen LogP contribution in [0.1, 0.15) is 29.0 Å². The predicted molar refractivity (Wildman–Crippen MR) is 99.3 cm³/mol. The minimum absolute atomic E-state index is 0.0944. The third kappa shape index (κ3) is 3.60. The lowest BCUT2D eigenvalue weighted by molar-refractivity contribution is -0.144. The van der Waals surface area contributed by atoms with Gasteiger partial charge in [0.25, 0.3) is 11.8 Å². The van der Waals surface area contributed by atoms with Crippen molar-refractivity contribution >= 4 is 17.5 Å². The van der Waals surface area contributed by atoms with Crippen LogP contribution in [0.2, 0.25) is 0 Å². The van der Waals surface area contributed by atoms with Gasteiger partial charge in [-0.25, -0.2) is 9.37 Å². The zero-order valence-electron chi connectivity index (χ0n) is 15.6. The number of benzene rings is 1. The van der Waals surface area contributed by atoms with E-state index in [2.05, 4.69) is 9.97 Å². The standard InChI is InChI=1S/C20H21FN4O3/c1-14-9-22-10-17(23-14)19(27)24-7-3-6-20(12-24)13-25(18(26)11-28-20)16-5-2-4-15(21)8-16/h2,4-5,8-10H,3,6-7,11-13H2,1H3. The van der Waals surface area contributed by atoms with Crippen LogP contribution in [0.3, 0.4) is 0 Å². The summed E-state index contributed by atoms with van der Waals surface area (Å²) < 4.78 is 19.6. The van der Waals surface area contributed by atoms with Crippen LogP contribution in [0.25, 0.3) is 0 Å². The van der Waals surface area contributed by atoms with Crippen LogP contribution in [0, 0.1) is 12.7 Å². The number of anilines is 1. The number of nitrogens with zero attached hydrogens (tertiary/aromatic N) is 4. The third-order valence-corrected chi connectivity index (χ3v) is 5.17. The minimum Gasteiger partial charge on any atom is -0.361 e. The van der Waals surface area contributed by atoms with Crippen molar-refractivity contribution in [2.75, 3.05) is 31.1 Å². The van der Waals surface area contributed by atoms with Crippen molar-refractivity contribution in [3.63, 3.8) is 0 Å². The smallest absolute Gasteiger partial charge is 0.274 e. The summed E-state index contributed by atoms with van der Waals surface area (Å²) in [6.45, 7) is 2.91. The van der Waals surface area contributed by atoms with Crippen LogP contribution in [0.4, 0.5) is 10.1 Å². The fraction of sp³-hybridized carbons (Fsp3) is 0.400. The van der Waals surface area contributed by atoms with Gasteiger partial charge in [-0.15, -0.1) is 0 Å². The Morgan fingerprint density at radius 1 is 1.29 bits per heavy atom. The summed E-state index contributed by atoms with van der Waals surface area (Å²) in [6, 6.07) is 5.96. The van der Waals surface area contributed by atoms with Crippen molar-refractivity contribution in [1.29, 1.82) is 0 Å². The molecule has 0 N–H and O–H groups in total. The minimum atomic E-state index is -0.675. The van der Waals surface area contributed by atoms with Gasteiger partial charge in [0.1, 0.15) is 23.7 Å². The highest BCUT2D eigenvalue weighted by atomic mass is 19.1. The molecule has 8 heteroatoms. The molecule has 2 aliphatic rings. The molecular formula is C20H21FN4O3. The molecule has 2 fully saturated rings. The summed E-state index contributed by atoms with van der Waals surface area (Å²) in [5.74, 6) is -0.818. The first kappa shape index (κ1) is 18.5. The van der Waals surface area contributed by atoms with E-state index >= 15 is 0 Å². The van der Waals surface area contributed by atoms with E-state index in [1.807, 2.05) is 0 Å². The Bertz CT molecular complexity index is 922. The molecule has 0 bridgehead atoms. The molecular weight excluding hydrogens is 363 g/mol. The van der Waals surface area contributed by atoms with Gasteiger partial charge in [0.15, 0.2) is 0 Å². The van der Waals surface area contributed by atoms with Crippen molar-refractivity contribution < 1.29 is 18.7 Å². The van der Waals surface area contributed by atoms with Crippen molar-refractivity contribution in [3.05, 3.63) is 53.9 Å². The van der Waals surface area contributed by atoms with Gasteiger partial charge in [-0.05, 0) is 38.0 Å². The molecule has 0 radical (unpaired) electrons. The first-order valence-electron chi connectivity index (χ1n) is 9.24. The molecule has 2 aliphatic heterocycles. The Morgan fingerprint density at radius 3 is 2.93 bits per heavy atom. The van der Waals surface area contributed by atoms with E-state index in [4.69, 9.17) is 4.74 Å². The van der Waals surface area contributed by atoms with E-state index in [9.17, 15) is 14.0 Å². The Hall–Kier alpha value is -2.87. The maximum Gasteiger partial charge on any atom is 0.274 e. The van der Waals surface area contributed by atoms with Crippen molar-refractivity contribution in [2.24, 2.45) is 0 Å². The number of hydrogen-bond donors (Lipinski definition) is 0. The molecule has 1 aromatic heterocycles. The zero-order chi connectivity index (χ0) is 19.7. The number of carbonyl (C=O) groups excluding carboxylic acids is 2. The van der Waals surface area contributed by atoms with Crippen LogP contribution >= 0.6 is 0 Å². The van der Waals surface area contributed by atoms with Crippen molar-refractivity contribution in [3.8, 4) is 0 Å². The molecule has 146 valence electrons. The van der Waals surface area contributed by atoms with Crippen LogP contribution in [0.15, 0.2) is 36.7 Å². The lowest BCUT2D eigenvalue weighted by Crippen LogP contribution is -2.62. The number of carbonyl (C=O) groups is 2. The van der Waals surface area contributed by atoms with Gasteiger partial charge in [-0.2, -0.15) is 0 Å². The Kier molecular flexibility index (Phi) is 4.80. The largest absolute Gasteiger partial charge is 0.361 e. The first-order valence-corrected chi connectivity index (χ1v) is 9.24. The normalized spacial score (nSPS) is 22.6. The maximum absolute atomic E-state index is 13.6. The molecule has 0 saturated carbocycles. The summed E-state index contributed by atoms with van der Waals surface area (Å²) >= 11 is 0. The highest BCUT2D eigenvalue weighted by Gasteiger charge is 2.44. The fourth-order valence-electron chi connectivity index (χ4n) is 3.84. The van der Waals surface area contributed by atoms with E-state index in [0.717, 1.165) is 12.8 Å². The van der Waals surface area contributed by atoms with Gasteiger partial charge in [0.2, 0.25) is 0 Å². The number of aromatic nitrogens is 2. The number of likely N-dealkylation sites (tertiary alicyclic amines) is 1. The number of aryl methyl sites for hydroxylation is 1. The zero-order valence-corrected chi connectivity index (χ0v) is 15.6. The average Bonchev–Trinajstić information content (AvgIpc) is 2.70. The number of piperidine rings is 1. The second-order valence-electron chi connectivity index (χ2n) is 7.31. The molecule has 4 rings (SSSR count). The molecule has 2 saturated heterocycles. The van der Waals surface area contributed by atoms with Gasteiger partial charge < -0.3 is 14.5 Å². The van der Waals surface area contributed by atoms with E-state index in [1.165, 1.54) is 18.3 Å². The molecule has 1 unspecified atom stereocenters. The van der Waals surface area contributed by atoms with Gasteiger partial charge in [-0.1, -0.05) is 6.07 Å². The average molecular weight is 384 g/mol. The topological polar surface area (TPSA) is 75.6 Å². The lowest BCUT2D eigenvalue weighted by atomic mass is 9.90. The number of ether oxygens (including phenoxy) is 1. The SMILES string of the molecule is Cc1cncc(C(=O)N2CCCC3(C2)CN(c2cccc(F)c2)C(=O)CO3)n1. The molecule has 1 atom stereocenters. The predicted octanol–water partition coefficient (Wildman–Crippen LogP) is 1.96. The second-order valence-corrected chi connectivity index (χ2v) is 7.31. The molecule has 7 nitrogen and oxygen atoms in total.